The van der Waals surface area contributed by atoms with Crippen molar-refractivity contribution < 1.29 is 9.53 Å². The second kappa shape index (κ2) is 7.02. The topological polar surface area (TPSA) is 59.4 Å². The molecule has 1 amide bonds. The summed E-state index contributed by atoms with van der Waals surface area (Å²) in [5.41, 5.74) is 0.934. The Balaban J connectivity index is 1.44. The fourth-order valence-corrected chi connectivity index (χ4v) is 3.81. The zero-order valence-corrected chi connectivity index (χ0v) is 14.1. The summed E-state index contributed by atoms with van der Waals surface area (Å²) in [5.74, 6) is 1.14. The van der Waals surface area contributed by atoms with E-state index < -0.39 is 0 Å². The Bertz CT molecular complexity index is 510. The SMILES string of the molecule is CC(C)N1CCO[C@@H](CC(=O)NCc2cn3c(n2)SCC3)C1. The van der Waals surface area contributed by atoms with Gasteiger partial charge in [-0.2, -0.15) is 0 Å². The molecule has 6 nitrogen and oxygen atoms in total. The number of fused-ring (bicyclic) bond motifs is 1. The molecule has 2 aliphatic heterocycles. The van der Waals surface area contributed by atoms with Crippen molar-refractivity contribution in [3.8, 4) is 0 Å². The first-order chi connectivity index (χ1) is 10.6. The third-order valence-electron chi connectivity index (χ3n) is 4.13. The fourth-order valence-electron chi connectivity index (χ4n) is 2.85. The zero-order valence-electron chi connectivity index (χ0n) is 13.2. The van der Waals surface area contributed by atoms with Crippen LogP contribution in [0.5, 0.6) is 0 Å². The van der Waals surface area contributed by atoms with Gasteiger partial charge in [0.15, 0.2) is 5.16 Å². The highest BCUT2D eigenvalue weighted by Crippen LogP contribution is 2.24. The second-order valence-corrected chi connectivity index (χ2v) is 7.18. The van der Waals surface area contributed by atoms with Gasteiger partial charge >= 0.3 is 0 Å². The van der Waals surface area contributed by atoms with E-state index in [1.165, 1.54) is 0 Å². The number of imidazole rings is 1. The average molecular weight is 324 g/mol. The van der Waals surface area contributed by atoms with Crippen LogP contribution in [0.3, 0.4) is 0 Å². The molecule has 2 aliphatic rings. The molecule has 3 rings (SSSR count). The van der Waals surface area contributed by atoms with Gasteiger partial charge in [0.25, 0.3) is 0 Å². The summed E-state index contributed by atoms with van der Waals surface area (Å²) >= 11 is 1.77. The number of ether oxygens (including phenoxy) is 1. The van der Waals surface area contributed by atoms with Crippen molar-refractivity contribution in [1.82, 2.24) is 19.8 Å². The van der Waals surface area contributed by atoms with Crippen LogP contribution in [0.1, 0.15) is 26.0 Å². The molecule has 22 heavy (non-hydrogen) atoms. The van der Waals surface area contributed by atoms with E-state index in [0.29, 0.717) is 25.6 Å². The quantitative estimate of drug-likeness (QED) is 0.879. The zero-order chi connectivity index (χ0) is 15.5. The lowest BCUT2D eigenvalue weighted by atomic mass is 10.1. The third kappa shape index (κ3) is 3.83. The van der Waals surface area contributed by atoms with E-state index in [4.69, 9.17) is 4.74 Å². The van der Waals surface area contributed by atoms with Gasteiger partial charge in [-0.05, 0) is 13.8 Å². The predicted molar refractivity (Wildman–Crippen MR) is 85.9 cm³/mol. The van der Waals surface area contributed by atoms with Crippen LogP contribution in [0.4, 0.5) is 0 Å². The Hall–Kier alpha value is -1.05. The van der Waals surface area contributed by atoms with Crippen LogP contribution in [0.15, 0.2) is 11.4 Å². The minimum absolute atomic E-state index is 0.00120. The van der Waals surface area contributed by atoms with E-state index in [1.807, 2.05) is 6.20 Å². The first-order valence-corrected chi connectivity index (χ1v) is 8.91. The van der Waals surface area contributed by atoms with Crippen LogP contribution in [0.2, 0.25) is 0 Å². The third-order valence-corrected chi connectivity index (χ3v) is 5.10. The van der Waals surface area contributed by atoms with E-state index in [1.54, 1.807) is 11.8 Å². The van der Waals surface area contributed by atoms with E-state index in [0.717, 1.165) is 36.2 Å². The number of morpholine rings is 1. The molecule has 1 saturated heterocycles. The number of amides is 1. The van der Waals surface area contributed by atoms with E-state index in [-0.39, 0.29) is 12.0 Å². The largest absolute Gasteiger partial charge is 0.375 e. The van der Waals surface area contributed by atoms with Crippen molar-refractivity contribution in [2.75, 3.05) is 25.4 Å². The number of aromatic nitrogens is 2. The van der Waals surface area contributed by atoms with Crippen molar-refractivity contribution in [1.29, 1.82) is 0 Å². The Morgan fingerprint density at radius 2 is 2.41 bits per heavy atom. The number of carbonyl (C=O) groups is 1. The molecule has 1 atom stereocenters. The van der Waals surface area contributed by atoms with Gasteiger partial charge in [0, 0.05) is 37.6 Å². The normalized spacial score (nSPS) is 22.0. The van der Waals surface area contributed by atoms with Crippen molar-refractivity contribution in [3.05, 3.63) is 11.9 Å². The summed E-state index contributed by atoms with van der Waals surface area (Å²) in [6.07, 6.45) is 2.46. The van der Waals surface area contributed by atoms with Gasteiger partial charge in [0.1, 0.15) is 0 Å². The van der Waals surface area contributed by atoms with Crippen molar-refractivity contribution in [2.24, 2.45) is 0 Å². The van der Waals surface area contributed by atoms with Crippen LogP contribution in [-0.2, 0) is 22.6 Å². The maximum atomic E-state index is 12.1. The summed E-state index contributed by atoms with van der Waals surface area (Å²) in [4.78, 5) is 19.0. The number of nitrogens with zero attached hydrogens (tertiary/aromatic N) is 3. The maximum Gasteiger partial charge on any atom is 0.222 e. The number of hydrogen-bond donors (Lipinski definition) is 1. The lowest BCUT2D eigenvalue weighted by Gasteiger charge is -2.35. The van der Waals surface area contributed by atoms with E-state index in [9.17, 15) is 4.79 Å². The fraction of sp³-hybridized carbons (Fsp3) is 0.733. The number of nitrogens with one attached hydrogen (secondary N) is 1. The summed E-state index contributed by atoms with van der Waals surface area (Å²) in [6, 6.07) is 0.500. The molecule has 7 heteroatoms. The van der Waals surface area contributed by atoms with Gasteiger partial charge in [-0.15, -0.1) is 0 Å². The molecule has 122 valence electrons. The lowest BCUT2D eigenvalue weighted by molar-refractivity contribution is -0.126. The summed E-state index contributed by atoms with van der Waals surface area (Å²) in [7, 11) is 0. The van der Waals surface area contributed by atoms with Gasteiger partial charge in [-0.3, -0.25) is 9.69 Å². The molecule has 0 aromatic carbocycles. The Labute approximate surface area is 135 Å². The van der Waals surface area contributed by atoms with Crippen molar-refractivity contribution in [2.45, 2.75) is 50.7 Å². The predicted octanol–water partition coefficient (Wildman–Crippen LogP) is 1.10. The number of hydrogen-bond acceptors (Lipinski definition) is 5. The highest BCUT2D eigenvalue weighted by Gasteiger charge is 2.24. The molecular weight excluding hydrogens is 300 g/mol. The Kier molecular flexibility index (Phi) is 5.05. The molecule has 0 aliphatic carbocycles. The minimum Gasteiger partial charge on any atom is -0.375 e. The molecule has 0 bridgehead atoms. The van der Waals surface area contributed by atoms with Crippen LogP contribution >= 0.6 is 11.8 Å². The molecule has 0 unspecified atom stereocenters. The standard InChI is InChI=1S/C15H24N4O2S/c1-11(2)18-3-5-21-13(10-18)7-14(20)16-8-12-9-19-4-6-22-15(19)17-12/h9,11,13H,3-8,10H2,1-2H3,(H,16,20)/t13-/m0/s1. The van der Waals surface area contributed by atoms with Crippen molar-refractivity contribution in [3.63, 3.8) is 0 Å². The second-order valence-electron chi connectivity index (χ2n) is 6.12. The number of thioether (sulfide) groups is 1. The van der Waals surface area contributed by atoms with Crippen LogP contribution in [0.25, 0.3) is 0 Å². The maximum absolute atomic E-state index is 12.1. The Morgan fingerprint density at radius 1 is 1.55 bits per heavy atom. The molecule has 1 aromatic rings. The molecule has 0 radical (unpaired) electrons. The van der Waals surface area contributed by atoms with Gasteiger partial charge in [-0.25, -0.2) is 4.98 Å². The first kappa shape index (κ1) is 15.8. The van der Waals surface area contributed by atoms with Crippen LogP contribution < -0.4 is 5.32 Å². The van der Waals surface area contributed by atoms with Gasteiger partial charge < -0.3 is 14.6 Å². The molecule has 0 spiro atoms. The lowest BCUT2D eigenvalue weighted by Crippen LogP contribution is -2.47. The van der Waals surface area contributed by atoms with E-state index >= 15 is 0 Å². The van der Waals surface area contributed by atoms with Gasteiger partial charge in [0.2, 0.25) is 5.91 Å². The molecule has 1 N–H and O–H groups in total. The number of rotatable bonds is 5. The average Bonchev–Trinajstić information content (AvgIpc) is 3.06. The summed E-state index contributed by atoms with van der Waals surface area (Å²) < 4.78 is 7.85. The molecule has 0 saturated carbocycles. The van der Waals surface area contributed by atoms with Gasteiger partial charge in [0.05, 0.1) is 31.4 Å². The smallest absolute Gasteiger partial charge is 0.222 e. The van der Waals surface area contributed by atoms with Crippen LogP contribution in [-0.4, -0.2) is 58.0 Å². The number of aryl methyl sites for hydroxylation is 1. The Morgan fingerprint density at radius 3 is 3.18 bits per heavy atom. The minimum atomic E-state index is -0.00120. The molecule has 1 aromatic heterocycles. The molecular formula is C15H24N4O2S. The monoisotopic (exact) mass is 324 g/mol. The summed E-state index contributed by atoms with van der Waals surface area (Å²) in [5, 5.41) is 4.02. The molecule has 3 heterocycles. The molecule has 1 fully saturated rings. The van der Waals surface area contributed by atoms with Gasteiger partial charge in [-0.1, -0.05) is 11.8 Å². The highest BCUT2D eigenvalue weighted by molar-refractivity contribution is 7.99. The highest BCUT2D eigenvalue weighted by atomic mass is 32.2. The first-order valence-electron chi connectivity index (χ1n) is 7.93. The number of carbonyl (C=O) groups excluding carboxylic acids is 1. The van der Waals surface area contributed by atoms with Crippen molar-refractivity contribution >= 4 is 17.7 Å². The van der Waals surface area contributed by atoms with E-state index in [2.05, 4.69) is 33.6 Å². The summed E-state index contributed by atoms with van der Waals surface area (Å²) in [6.45, 7) is 8.37. The van der Waals surface area contributed by atoms with Crippen LogP contribution in [0, 0.1) is 0 Å².